The molecule has 0 spiro atoms. The van der Waals surface area contributed by atoms with Gasteiger partial charge in [-0.05, 0) is 36.8 Å². The SMILES string of the molecule is CCN(CC)C(=O)CC(=O)NS(=O)(=O)c1ccc2ccccc2c1. The van der Waals surface area contributed by atoms with Crippen molar-refractivity contribution in [3.63, 3.8) is 0 Å². The largest absolute Gasteiger partial charge is 0.343 e. The number of hydrogen-bond acceptors (Lipinski definition) is 4. The van der Waals surface area contributed by atoms with Gasteiger partial charge in [0.15, 0.2) is 0 Å². The standard InChI is InChI=1S/C17H20N2O4S/c1-3-19(4-2)17(21)12-16(20)18-24(22,23)15-10-9-13-7-5-6-8-14(13)11-15/h5-11H,3-4,12H2,1-2H3,(H,18,20). The zero-order valence-electron chi connectivity index (χ0n) is 13.7. The Hall–Kier alpha value is -2.41. The van der Waals surface area contributed by atoms with Gasteiger partial charge >= 0.3 is 0 Å². The number of sulfonamides is 1. The van der Waals surface area contributed by atoms with E-state index in [2.05, 4.69) is 0 Å². The Morgan fingerprint density at radius 3 is 2.25 bits per heavy atom. The number of carbonyl (C=O) groups excluding carboxylic acids is 2. The van der Waals surface area contributed by atoms with Gasteiger partial charge in [-0.1, -0.05) is 30.3 Å². The summed E-state index contributed by atoms with van der Waals surface area (Å²) in [5.74, 6) is -1.23. The molecule has 0 bridgehead atoms. The van der Waals surface area contributed by atoms with Gasteiger partial charge in [0.1, 0.15) is 6.42 Å². The lowest BCUT2D eigenvalue weighted by Crippen LogP contribution is -2.37. The zero-order valence-corrected chi connectivity index (χ0v) is 14.5. The molecule has 0 unspecified atom stereocenters. The molecule has 0 fully saturated rings. The van der Waals surface area contributed by atoms with Crippen LogP contribution in [0.5, 0.6) is 0 Å². The molecule has 24 heavy (non-hydrogen) atoms. The number of hydrogen-bond donors (Lipinski definition) is 1. The minimum absolute atomic E-state index is 0.00941. The summed E-state index contributed by atoms with van der Waals surface area (Å²) in [4.78, 5) is 25.3. The van der Waals surface area contributed by atoms with Crippen LogP contribution in [0.3, 0.4) is 0 Å². The van der Waals surface area contributed by atoms with Crippen LogP contribution < -0.4 is 4.72 Å². The van der Waals surface area contributed by atoms with Crippen LogP contribution in [0.1, 0.15) is 20.3 Å². The number of fused-ring (bicyclic) bond motifs is 1. The number of nitrogens with one attached hydrogen (secondary N) is 1. The summed E-state index contributed by atoms with van der Waals surface area (Å²) in [7, 11) is -4.01. The summed E-state index contributed by atoms with van der Waals surface area (Å²) in [5.41, 5.74) is 0. The monoisotopic (exact) mass is 348 g/mol. The van der Waals surface area contributed by atoms with E-state index in [9.17, 15) is 18.0 Å². The molecule has 2 aromatic carbocycles. The Balaban J connectivity index is 2.14. The normalized spacial score (nSPS) is 11.2. The van der Waals surface area contributed by atoms with E-state index >= 15 is 0 Å². The van der Waals surface area contributed by atoms with E-state index in [-0.39, 0.29) is 4.90 Å². The van der Waals surface area contributed by atoms with Crippen molar-refractivity contribution in [1.82, 2.24) is 9.62 Å². The smallest absolute Gasteiger partial charge is 0.264 e. The molecule has 0 saturated heterocycles. The first kappa shape index (κ1) is 17.9. The van der Waals surface area contributed by atoms with Crippen LogP contribution in [0, 0.1) is 0 Å². The predicted octanol–water partition coefficient (Wildman–Crippen LogP) is 1.90. The van der Waals surface area contributed by atoms with Gasteiger partial charge in [0.05, 0.1) is 4.90 Å². The van der Waals surface area contributed by atoms with Crippen LogP contribution in [0.15, 0.2) is 47.4 Å². The lowest BCUT2D eigenvalue weighted by Gasteiger charge is -2.18. The van der Waals surface area contributed by atoms with E-state index in [0.29, 0.717) is 13.1 Å². The molecule has 0 radical (unpaired) electrons. The summed E-state index contributed by atoms with van der Waals surface area (Å²) in [6.45, 7) is 4.54. The number of nitrogens with zero attached hydrogens (tertiary/aromatic N) is 1. The second kappa shape index (κ2) is 7.44. The molecule has 2 rings (SSSR count). The fourth-order valence-electron chi connectivity index (χ4n) is 2.40. The molecule has 2 amide bonds. The van der Waals surface area contributed by atoms with Crippen molar-refractivity contribution in [3.8, 4) is 0 Å². The third-order valence-electron chi connectivity index (χ3n) is 3.71. The number of benzene rings is 2. The van der Waals surface area contributed by atoms with E-state index in [1.54, 1.807) is 32.0 Å². The predicted molar refractivity (Wildman–Crippen MR) is 91.8 cm³/mol. The van der Waals surface area contributed by atoms with Gasteiger partial charge < -0.3 is 4.90 Å². The molecule has 7 heteroatoms. The van der Waals surface area contributed by atoms with Crippen molar-refractivity contribution in [2.45, 2.75) is 25.2 Å². The molecular weight excluding hydrogens is 328 g/mol. The van der Waals surface area contributed by atoms with E-state index in [1.165, 1.54) is 17.0 Å². The number of rotatable bonds is 6. The average Bonchev–Trinajstić information content (AvgIpc) is 2.54. The van der Waals surface area contributed by atoms with Gasteiger partial charge in [-0.15, -0.1) is 0 Å². The first-order chi connectivity index (χ1) is 11.4. The number of amides is 2. The van der Waals surface area contributed by atoms with Crippen LogP contribution in [0.25, 0.3) is 10.8 Å². The van der Waals surface area contributed by atoms with E-state index < -0.39 is 28.3 Å². The molecule has 0 aliphatic carbocycles. The summed E-state index contributed by atoms with van der Waals surface area (Å²) in [5, 5.41) is 1.66. The second-order valence-corrected chi connectivity index (χ2v) is 6.96. The molecule has 0 aliphatic rings. The summed E-state index contributed by atoms with van der Waals surface area (Å²) in [6, 6.07) is 11.9. The van der Waals surface area contributed by atoms with Crippen molar-refractivity contribution in [3.05, 3.63) is 42.5 Å². The van der Waals surface area contributed by atoms with Crippen molar-refractivity contribution in [1.29, 1.82) is 0 Å². The summed E-state index contributed by atoms with van der Waals surface area (Å²) >= 11 is 0. The lowest BCUT2D eigenvalue weighted by molar-refractivity contribution is -0.135. The Morgan fingerprint density at radius 1 is 1.00 bits per heavy atom. The van der Waals surface area contributed by atoms with E-state index in [0.717, 1.165) is 10.8 Å². The average molecular weight is 348 g/mol. The fourth-order valence-corrected chi connectivity index (χ4v) is 3.42. The molecule has 1 N–H and O–H groups in total. The zero-order chi connectivity index (χ0) is 17.7. The molecule has 2 aromatic rings. The Bertz CT molecular complexity index is 858. The lowest BCUT2D eigenvalue weighted by atomic mass is 10.1. The number of carbonyl (C=O) groups is 2. The van der Waals surface area contributed by atoms with Crippen LogP contribution in [0.4, 0.5) is 0 Å². The van der Waals surface area contributed by atoms with Crippen LogP contribution in [-0.2, 0) is 19.6 Å². The van der Waals surface area contributed by atoms with Gasteiger partial charge in [-0.3, -0.25) is 9.59 Å². The van der Waals surface area contributed by atoms with E-state index in [4.69, 9.17) is 0 Å². The van der Waals surface area contributed by atoms with Gasteiger partial charge in [-0.2, -0.15) is 0 Å². The first-order valence-corrected chi connectivity index (χ1v) is 9.18. The maximum atomic E-state index is 12.3. The van der Waals surface area contributed by atoms with Crippen molar-refractivity contribution in [2.75, 3.05) is 13.1 Å². The van der Waals surface area contributed by atoms with Gasteiger partial charge in [0, 0.05) is 13.1 Å². The fraction of sp³-hybridized carbons (Fsp3) is 0.294. The third-order valence-corrected chi connectivity index (χ3v) is 5.08. The molecule has 6 nitrogen and oxygen atoms in total. The topological polar surface area (TPSA) is 83.6 Å². The molecule has 0 atom stereocenters. The Morgan fingerprint density at radius 2 is 1.62 bits per heavy atom. The molecule has 0 saturated carbocycles. The first-order valence-electron chi connectivity index (χ1n) is 7.69. The molecule has 0 heterocycles. The highest BCUT2D eigenvalue weighted by Gasteiger charge is 2.21. The third kappa shape index (κ3) is 4.11. The highest BCUT2D eigenvalue weighted by Crippen LogP contribution is 2.18. The van der Waals surface area contributed by atoms with Crippen molar-refractivity contribution < 1.29 is 18.0 Å². The Labute approximate surface area is 141 Å². The van der Waals surface area contributed by atoms with Crippen LogP contribution in [0.2, 0.25) is 0 Å². The molecule has 0 aliphatic heterocycles. The minimum Gasteiger partial charge on any atom is -0.343 e. The quantitative estimate of drug-likeness (QED) is 0.808. The van der Waals surface area contributed by atoms with Gasteiger partial charge in [0.2, 0.25) is 11.8 Å². The van der Waals surface area contributed by atoms with Crippen molar-refractivity contribution in [2.24, 2.45) is 0 Å². The maximum Gasteiger partial charge on any atom is 0.264 e. The van der Waals surface area contributed by atoms with Crippen LogP contribution >= 0.6 is 0 Å². The van der Waals surface area contributed by atoms with E-state index in [1.807, 2.05) is 16.9 Å². The highest BCUT2D eigenvalue weighted by molar-refractivity contribution is 7.90. The van der Waals surface area contributed by atoms with Gasteiger partial charge in [0.25, 0.3) is 10.0 Å². The van der Waals surface area contributed by atoms with Gasteiger partial charge in [-0.25, -0.2) is 13.1 Å². The molecular formula is C17H20N2O4S. The molecule has 128 valence electrons. The Kier molecular flexibility index (Phi) is 5.56. The van der Waals surface area contributed by atoms with Crippen LogP contribution in [-0.4, -0.2) is 38.2 Å². The molecule has 0 aromatic heterocycles. The second-order valence-electron chi connectivity index (χ2n) is 5.28. The minimum atomic E-state index is -4.01. The highest BCUT2D eigenvalue weighted by atomic mass is 32.2. The maximum absolute atomic E-state index is 12.3. The van der Waals surface area contributed by atoms with Crippen molar-refractivity contribution >= 4 is 32.6 Å². The summed E-state index contributed by atoms with van der Waals surface area (Å²) < 4.78 is 26.6. The summed E-state index contributed by atoms with van der Waals surface area (Å²) in [6.07, 6.45) is -0.492.